The van der Waals surface area contributed by atoms with Crippen LogP contribution >= 0.6 is 0 Å². The summed E-state index contributed by atoms with van der Waals surface area (Å²) in [6.45, 7) is 5.45. The molecule has 0 radical (unpaired) electrons. The van der Waals surface area contributed by atoms with Crippen LogP contribution in [-0.2, 0) is 9.47 Å². The number of halogens is 1. The number of carbonyl (C=O) groups is 1. The van der Waals surface area contributed by atoms with Gasteiger partial charge in [-0.15, -0.1) is 0 Å². The second kappa shape index (κ2) is 8.36. The zero-order valence-corrected chi connectivity index (χ0v) is 18.3. The summed E-state index contributed by atoms with van der Waals surface area (Å²) in [7, 11) is 0. The van der Waals surface area contributed by atoms with Crippen LogP contribution in [0.25, 0.3) is 21.9 Å². The zero-order valence-electron chi connectivity index (χ0n) is 18.3. The van der Waals surface area contributed by atoms with Crippen LogP contribution in [0.1, 0.15) is 18.9 Å². The molecule has 0 aliphatic carbocycles. The second-order valence-corrected chi connectivity index (χ2v) is 8.13. The highest BCUT2D eigenvalue weighted by Crippen LogP contribution is 2.39. The normalized spacial score (nSPS) is 19.5. The number of pyridine rings is 2. The zero-order chi connectivity index (χ0) is 23.1. The van der Waals surface area contributed by atoms with Crippen molar-refractivity contribution in [1.82, 2.24) is 9.97 Å². The summed E-state index contributed by atoms with van der Waals surface area (Å²) in [5.74, 6) is 0.209. The molecular formula is C23H24FN5O4. The van der Waals surface area contributed by atoms with E-state index in [1.165, 1.54) is 6.20 Å². The van der Waals surface area contributed by atoms with Gasteiger partial charge >= 0.3 is 6.09 Å². The molecule has 9 nitrogen and oxygen atoms in total. The predicted molar refractivity (Wildman–Crippen MR) is 122 cm³/mol. The molecule has 0 unspecified atom stereocenters. The Morgan fingerprint density at radius 1 is 1.27 bits per heavy atom. The van der Waals surface area contributed by atoms with E-state index in [0.717, 1.165) is 11.3 Å². The van der Waals surface area contributed by atoms with Gasteiger partial charge in [0.15, 0.2) is 5.82 Å². The Labute approximate surface area is 189 Å². The van der Waals surface area contributed by atoms with E-state index in [0.29, 0.717) is 54.0 Å². The fraction of sp³-hybridized carbons (Fsp3) is 0.348. The molecule has 33 heavy (non-hydrogen) atoms. The number of fused-ring (bicyclic) bond motifs is 2. The lowest BCUT2D eigenvalue weighted by atomic mass is 9.97. The van der Waals surface area contributed by atoms with Gasteiger partial charge in [-0.1, -0.05) is 0 Å². The summed E-state index contributed by atoms with van der Waals surface area (Å²) in [4.78, 5) is 20.8. The number of nitrogens with one attached hydrogen (secondary N) is 2. The van der Waals surface area contributed by atoms with Gasteiger partial charge in [0.25, 0.3) is 0 Å². The number of nitrogen functional groups attached to an aromatic ring is 1. The maximum Gasteiger partial charge on any atom is 0.413 e. The minimum Gasteiger partial charge on any atom is -0.474 e. The number of rotatable bonds is 3. The van der Waals surface area contributed by atoms with Crippen molar-refractivity contribution in [1.29, 1.82) is 0 Å². The molecule has 5 rings (SSSR count). The molecule has 1 amide bonds. The third kappa shape index (κ3) is 3.86. The van der Waals surface area contributed by atoms with Gasteiger partial charge < -0.3 is 25.3 Å². The number of carbonyl (C=O) groups excluding carboxylic acids is 1. The first-order valence-electron chi connectivity index (χ1n) is 10.8. The van der Waals surface area contributed by atoms with Gasteiger partial charge in [0, 0.05) is 41.9 Å². The van der Waals surface area contributed by atoms with Gasteiger partial charge in [-0.2, -0.15) is 0 Å². The van der Waals surface area contributed by atoms with Crippen molar-refractivity contribution >= 4 is 34.1 Å². The highest BCUT2D eigenvalue weighted by atomic mass is 19.1. The lowest BCUT2D eigenvalue weighted by Gasteiger charge is -2.22. The Morgan fingerprint density at radius 2 is 2.12 bits per heavy atom. The van der Waals surface area contributed by atoms with Crippen LogP contribution in [0.15, 0.2) is 24.5 Å². The molecule has 172 valence electrons. The van der Waals surface area contributed by atoms with Gasteiger partial charge in [0.2, 0.25) is 5.88 Å². The second-order valence-electron chi connectivity index (χ2n) is 8.13. The molecule has 4 N–H and O–H groups in total. The molecule has 4 heterocycles. The molecule has 3 aromatic rings. The first kappa shape index (κ1) is 21.2. The standard InChI is InChI=1S/C23H24FN5O4/c1-11-15(9-28-22-21(11)26-4-6-32-22)14-7-13-8-18(27-10-16(13)20(25)19(14)24)29-23(30)33-17-3-5-31-12(17)2/h7-10,12,17,26H,3-6,25H2,1-2H3,(H,27,29,30)/t12-,17+/m0/s1. The molecule has 2 aromatic heterocycles. The van der Waals surface area contributed by atoms with Crippen LogP contribution in [0.4, 0.5) is 26.4 Å². The quantitative estimate of drug-likeness (QED) is 0.512. The maximum absolute atomic E-state index is 15.3. The van der Waals surface area contributed by atoms with Gasteiger partial charge in [0.1, 0.15) is 24.2 Å². The first-order valence-corrected chi connectivity index (χ1v) is 10.8. The minimum absolute atomic E-state index is 0.0256. The highest BCUT2D eigenvalue weighted by Gasteiger charge is 2.28. The van der Waals surface area contributed by atoms with E-state index in [4.69, 9.17) is 19.9 Å². The molecule has 0 bridgehead atoms. The van der Waals surface area contributed by atoms with E-state index in [1.54, 1.807) is 18.3 Å². The van der Waals surface area contributed by atoms with Crippen molar-refractivity contribution in [3.05, 3.63) is 35.9 Å². The average molecular weight is 453 g/mol. The van der Waals surface area contributed by atoms with Gasteiger partial charge in [-0.3, -0.25) is 5.32 Å². The van der Waals surface area contributed by atoms with E-state index in [-0.39, 0.29) is 23.7 Å². The third-order valence-electron chi connectivity index (χ3n) is 6.03. The van der Waals surface area contributed by atoms with Crippen molar-refractivity contribution in [2.24, 2.45) is 0 Å². The highest BCUT2D eigenvalue weighted by molar-refractivity contribution is 5.99. The summed E-state index contributed by atoms with van der Waals surface area (Å²) < 4.78 is 31.7. The van der Waals surface area contributed by atoms with Crippen molar-refractivity contribution in [3.8, 4) is 17.0 Å². The maximum atomic E-state index is 15.3. The van der Waals surface area contributed by atoms with Crippen molar-refractivity contribution in [2.75, 3.05) is 36.1 Å². The lowest BCUT2D eigenvalue weighted by molar-refractivity contribution is 0.0420. The molecule has 0 spiro atoms. The topological polar surface area (TPSA) is 121 Å². The molecule has 1 saturated heterocycles. The van der Waals surface area contributed by atoms with Crippen LogP contribution in [-0.4, -0.2) is 48.0 Å². The van der Waals surface area contributed by atoms with E-state index >= 15 is 4.39 Å². The Morgan fingerprint density at radius 3 is 2.91 bits per heavy atom. The number of nitrogens with zero attached hydrogens (tertiary/aromatic N) is 2. The smallest absolute Gasteiger partial charge is 0.413 e. The van der Waals surface area contributed by atoms with Crippen LogP contribution in [0.3, 0.4) is 0 Å². The van der Waals surface area contributed by atoms with Crippen molar-refractivity contribution in [2.45, 2.75) is 32.5 Å². The van der Waals surface area contributed by atoms with Crippen LogP contribution in [0.5, 0.6) is 5.88 Å². The molecule has 2 aliphatic heterocycles. The van der Waals surface area contributed by atoms with Crippen molar-refractivity contribution < 1.29 is 23.4 Å². The molecule has 1 aromatic carbocycles. The largest absolute Gasteiger partial charge is 0.474 e. The fourth-order valence-electron chi connectivity index (χ4n) is 4.19. The predicted octanol–water partition coefficient (Wildman–Crippen LogP) is 3.86. The number of nitrogens with two attached hydrogens (primary N) is 1. The van der Waals surface area contributed by atoms with E-state index in [1.807, 2.05) is 13.8 Å². The van der Waals surface area contributed by atoms with E-state index in [9.17, 15) is 4.79 Å². The minimum atomic E-state index is -0.625. The molecular weight excluding hydrogens is 429 g/mol. The summed E-state index contributed by atoms with van der Waals surface area (Å²) in [5.41, 5.74) is 8.54. The number of hydrogen-bond acceptors (Lipinski definition) is 8. The number of aromatic nitrogens is 2. The number of amides is 1. The lowest BCUT2D eigenvalue weighted by Crippen LogP contribution is -2.27. The van der Waals surface area contributed by atoms with Gasteiger partial charge in [0.05, 0.1) is 18.4 Å². The van der Waals surface area contributed by atoms with E-state index < -0.39 is 11.9 Å². The summed E-state index contributed by atoms with van der Waals surface area (Å²) in [5, 5.41) is 6.94. The van der Waals surface area contributed by atoms with Crippen LogP contribution in [0, 0.1) is 12.7 Å². The summed E-state index contributed by atoms with van der Waals surface area (Å²) >= 11 is 0. The van der Waals surface area contributed by atoms with Crippen LogP contribution in [0.2, 0.25) is 0 Å². The molecule has 1 fully saturated rings. The molecule has 2 aliphatic rings. The first-order chi connectivity index (χ1) is 15.9. The average Bonchev–Trinajstić information content (AvgIpc) is 3.21. The number of anilines is 3. The number of benzene rings is 1. The monoisotopic (exact) mass is 453 g/mol. The fourth-order valence-corrected chi connectivity index (χ4v) is 4.19. The van der Waals surface area contributed by atoms with Crippen LogP contribution < -0.4 is 21.1 Å². The van der Waals surface area contributed by atoms with Gasteiger partial charge in [-0.25, -0.2) is 19.2 Å². The van der Waals surface area contributed by atoms with E-state index in [2.05, 4.69) is 20.6 Å². The summed E-state index contributed by atoms with van der Waals surface area (Å²) in [6, 6.07) is 3.30. The molecule has 0 saturated carbocycles. The number of hydrogen-bond donors (Lipinski definition) is 3. The third-order valence-corrected chi connectivity index (χ3v) is 6.03. The molecule has 2 atom stereocenters. The van der Waals surface area contributed by atoms with Gasteiger partial charge in [-0.05, 0) is 36.9 Å². The Balaban J connectivity index is 1.48. The molecule has 10 heteroatoms. The number of ether oxygens (including phenoxy) is 3. The Bertz CT molecular complexity index is 1250. The Kier molecular flexibility index (Phi) is 5.37. The SMILES string of the molecule is Cc1c(-c2cc3cc(NC(=O)O[C@@H]4CCO[C@H]4C)ncc3c(N)c2F)cnc2c1NCCO2. The summed E-state index contributed by atoms with van der Waals surface area (Å²) in [6.07, 6.45) is 2.57. The Hall–Kier alpha value is -3.66. The van der Waals surface area contributed by atoms with Crippen molar-refractivity contribution in [3.63, 3.8) is 0 Å².